The Kier molecular flexibility index (Phi) is 4.84. The van der Waals surface area contributed by atoms with Crippen molar-refractivity contribution in [2.75, 3.05) is 11.9 Å². The average molecular weight is 354 g/mol. The molecule has 0 aliphatic carbocycles. The third-order valence-corrected chi connectivity index (χ3v) is 4.52. The third-order valence-electron chi connectivity index (χ3n) is 4.52. The van der Waals surface area contributed by atoms with E-state index in [0.717, 1.165) is 34.2 Å². The van der Waals surface area contributed by atoms with E-state index in [0.29, 0.717) is 0 Å². The van der Waals surface area contributed by atoms with Crippen molar-refractivity contribution in [1.29, 1.82) is 0 Å². The minimum absolute atomic E-state index is 0.0441. The van der Waals surface area contributed by atoms with Crippen molar-refractivity contribution in [3.63, 3.8) is 0 Å². The zero-order valence-electron chi connectivity index (χ0n) is 14.6. The van der Waals surface area contributed by atoms with Gasteiger partial charge in [0, 0.05) is 18.7 Å². The summed E-state index contributed by atoms with van der Waals surface area (Å²) in [6.45, 7) is 3.81. The first-order valence-electron chi connectivity index (χ1n) is 8.47. The molecular weight excluding hydrogens is 335 g/mol. The molecule has 0 radical (unpaired) electrons. The number of halogens is 1. The lowest BCUT2D eigenvalue weighted by Gasteiger charge is -2.15. The zero-order valence-corrected chi connectivity index (χ0v) is 14.6. The van der Waals surface area contributed by atoms with Crippen molar-refractivity contribution in [3.8, 4) is 0 Å². The highest BCUT2D eigenvalue weighted by atomic mass is 19.1. The predicted octanol–water partition coefficient (Wildman–Crippen LogP) is 3.32. The van der Waals surface area contributed by atoms with Crippen LogP contribution in [0, 0.1) is 12.7 Å². The summed E-state index contributed by atoms with van der Waals surface area (Å²) in [4.78, 5) is 37.8. The fourth-order valence-corrected chi connectivity index (χ4v) is 3.11. The zero-order chi connectivity index (χ0) is 18.8. The normalized spacial score (nSPS) is 13.1. The first-order chi connectivity index (χ1) is 12.4. The van der Waals surface area contributed by atoms with Gasteiger partial charge in [0.25, 0.3) is 11.8 Å². The molecule has 2 aromatic rings. The van der Waals surface area contributed by atoms with Crippen molar-refractivity contribution in [2.45, 2.75) is 26.7 Å². The molecule has 0 spiro atoms. The van der Waals surface area contributed by atoms with Gasteiger partial charge >= 0.3 is 0 Å². The van der Waals surface area contributed by atoms with Gasteiger partial charge in [0.1, 0.15) is 5.82 Å². The predicted molar refractivity (Wildman–Crippen MR) is 95.6 cm³/mol. The second-order valence-corrected chi connectivity index (χ2v) is 6.19. The molecule has 0 atom stereocenters. The lowest BCUT2D eigenvalue weighted by atomic mass is 10.1. The Morgan fingerprint density at radius 2 is 1.85 bits per heavy atom. The molecule has 134 valence electrons. The van der Waals surface area contributed by atoms with Crippen LogP contribution in [-0.2, 0) is 11.2 Å². The van der Waals surface area contributed by atoms with E-state index >= 15 is 0 Å². The Morgan fingerprint density at radius 1 is 1.12 bits per heavy atom. The first kappa shape index (κ1) is 17.8. The van der Waals surface area contributed by atoms with Crippen LogP contribution in [0.4, 0.5) is 10.1 Å². The molecular formula is C20H19FN2O3. The van der Waals surface area contributed by atoms with Gasteiger partial charge in [-0.05, 0) is 36.6 Å². The maximum absolute atomic E-state index is 13.8. The number of benzene rings is 2. The molecule has 1 N–H and O–H groups in total. The maximum Gasteiger partial charge on any atom is 0.264 e. The molecule has 0 fully saturated rings. The molecule has 0 saturated carbocycles. The SMILES string of the molecule is CCc1cccc(C)c1NC(=O)CCN1C(=O)c2cccc(F)c2C1=O. The molecule has 0 saturated heterocycles. The number of aryl methyl sites for hydroxylation is 2. The Hall–Kier alpha value is -3.02. The molecule has 3 amide bonds. The smallest absolute Gasteiger partial charge is 0.264 e. The summed E-state index contributed by atoms with van der Waals surface area (Å²) in [6.07, 6.45) is 0.722. The highest BCUT2D eigenvalue weighted by Crippen LogP contribution is 2.26. The highest BCUT2D eigenvalue weighted by Gasteiger charge is 2.37. The summed E-state index contributed by atoms with van der Waals surface area (Å²) in [6, 6.07) is 9.72. The van der Waals surface area contributed by atoms with E-state index in [1.807, 2.05) is 32.0 Å². The van der Waals surface area contributed by atoms with Gasteiger partial charge in [-0.3, -0.25) is 19.3 Å². The topological polar surface area (TPSA) is 66.5 Å². The van der Waals surface area contributed by atoms with Crippen molar-refractivity contribution in [2.24, 2.45) is 0 Å². The van der Waals surface area contributed by atoms with Crippen LogP contribution < -0.4 is 5.32 Å². The highest BCUT2D eigenvalue weighted by molar-refractivity contribution is 6.21. The molecule has 1 aliphatic rings. The summed E-state index contributed by atoms with van der Waals surface area (Å²) in [5.74, 6) is -2.28. The number of fused-ring (bicyclic) bond motifs is 1. The molecule has 1 aliphatic heterocycles. The van der Waals surface area contributed by atoms with Gasteiger partial charge in [0.2, 0.25) is 5.91 Å². The van der Waals surface area contributed by atoms with Gasteiger partial charge in [-0.1, -0.05) is 31.2 Å². The van der Waals surface area contributed by atoms with Crippen LogP contribution in [0.25, 0.3) is 0 Å². The number of nitrogens with zero attached hydrogens (tertiary/aromatic N) is 1. The second-order valence-electron chi connectivity index (χ2n) is 6.19. The maximum atomic E-state index is 13.8. The lowest BCUT2D eigenvalue weighted by Crippen LogP contribution is -2.33. The minimum atomic E-state index is -0.722. The van der Waals surface area contributed by atoms with E-state index in [4.69, 9.17) is 0 Å². The minimum Gasteiger partial charge on any atom is -0.326 e. The number of rotatable bonds is 5. The number of carbonyl (C=O) groups is 3. The van der Waals surface area contributed by atoms with Gasteiger partial charge in [0.05, 0.1) is 11.1 Å². The number of carbonyl (C=O) groups excluding carboxylic acids is 3. The molecule has 3 rings (SSSR count). The number of amides is 3. The Bertz CT molecular complexity index is 908. The van der Waals surface area contributed by atoms with Crippen LogP contribution in [0.2, 0.25) is 0 Å². The van der Waals surface area contributed by atoms with Gasteiger partial charge in [-0.15, -0.1) is 0 Å². The number of anilines is 1. The summed E-state index contributed by atoms with van der Waals surface area (Å²) in [7, 11) is 0. The molecule has 1 heterocycles. The Labute approximate surface area is 150 Å². The van der Waals surface area contributed by atoms with Crippen LogP contribution in [-0.4, -0.2) is 29.2 Å². The third kappa shape index (κ3) is 3.10. The van der Waals surface area contributed by atoms with Gasteiger partial charge in [-0.2, -0.15) is 0 Å². The van der Waals surface area contributed by atoms with Crippen LogP contribution >= 0.6 is 0 Å². The van der Waals surface area contributed by atoms with Crippen molar-refractivity contribution in [3.05, 3.63) is 64.5 Å². The lowest BCUT2D eigenvalue weighted by molar-refractivity contribution is -0.116. The molecule has 2 aromatic carbocycles. The fraction of sp³-hybridized carbons (Fsp3) is 0.250. The molecule has 0 aromatic heterocycles. The second kappa shape index (κ2) is 7.07. The summed E-state index contributed by atoms with van der Waals surface area (Å²) < 4.78 is 13.8. The van der Waals surface area contributed by atoms with Crippen molar-refractivity contribution in [1.82, 2.24) is 4.90 Å². The Morgan fingerprint density at radius 3 is 2.54 bits per heavy atom. The van der Waals surface area contributed by atoms with E-state index in [-0.39, 0.29) is 30.0 Å². The molecule has 0 unspecified atom stereocenters. The number of para-hydroxylation sites is 1. The van der Waals surface area contributed by atoms with E-state index in [2.05, 4.69) is 5.32 Å². The van der Waals surface area contributed by atoms with E-state index in [1.54, 1.807) is 0 Å². The molecule has 0 bridgehead atoms. The van der Waals surface area contributed by atoms with Crippen LogP contribution in [0.5, 0.6) is 0 Å². The number of hydrogen-bond donors (Lipinski definition) is 1. The fourth-order valence-electron chi connectivity index (χ4n) is 3.11. The molecule has 26 heavy (non-hydrogen) atoms. The van der Waals surface area contributed by atoms with Gasteiger partial charge in [0.15, 0.2) is 0 Å². The van der Waals surface area contributed by atoms with E-state index in [1.165, 1.54) is 12.1 Å². The molecule has 6 heteroatoms. The Balaban J connectivity index is 1.69. The van der Waals surface area contributed by atoms with Gasteiger partial charge < -0.3 is 5.32 Å². The summed E-state index contributed by atoms with van der Waals surface area (Å²) in [5, 5.41) is 2.85. The van der Waals surface area contributed by atoms with Crippen molar-refractivity contribution >= 4 is 23.4 Å². The number of hydrogen-bond acceptors (Lipinski definition) is 3. The number of imide groups is 1. The largest absolute Gasteiger partial charge is 0.326 e. The van der Waals surface area contributed by atoms with E-state index < -0.39 is 17.6 Å². The van der Waals surface area contributed by atoms with E-state index in [9.17, 15) is 18.8 Å². The first-order valence-corrected chi connectivity index (χ1v) is 8.47. The average Bonchev–Trinajstić information content (AvgIpc) is 2.86. The monoisotopic (exact) mass is 354 g/mol. The van der Waals surface area contributed by atoms with Crippen LogP contribution in [0.15, 0.2) is 36.4 Å². The summed E-state index contributed by atoms with van der Waals surface area (Å²) >= 11 is 0. The number of nitrogens with one attached hydrogen (secondary N) is 1. The van der Waals surface area contributed by atoms with Crippen LogP contribution in [0.1, 0.15) is 45.2 Å². The standard InChI is InChI=1S/C20H19FN2O3/c1-3-13-7-4-6-12(2)18(13)22-16(24)10-11-23-19(25)14-8-5-9-15(21)17(14)20(23)26/h4-9H,3,10-11H2,1-2H3,(H,22,24). The van der Waals surface area contributed by atoms with Crippen molar-refractivity contribution < 1.29 is 18.8 Å². The summed E-state index contributed by atoms with van der Waals surface area (Å²) in [5.41, 5.74) is 2.54. The molecule has 5 nitrogen and oxygen atoms in total. The van der Waals surface area contributed by atoms with Gasteiger partial charge in [-0.25, -0.2) is 4.39 Å². The van der Waals surface area contributed by atoms with Crippen LogP contribution in [0.3, 0.4) is 0 Å². The quantitative estimate of drug-likeness (QED) is 0.838.